The number of carbonyl (C=O) groups is 1. The zero-order valence-electron chi connectivity index (χ0n) is 11.5. The maximum Gasteiger partial charge on any atom is 0.222 e. The van der Waals surface area contributed by atoms with Gasteiger partial charge in [-0.25, -0.2) is 0 Å². The normalized spacial score (nSPS) is 29.4. The molecule has 6 heteroatoms. The van der Waals surface area contributed by atoms with Gasteiger partial charge in [-0.15, -0.1) is 0 Å². The van der Waals surface area contributed by atoms with Crippen LogP contribution in [0.3, 0.4) is 0 Å². The third kappa shape index (κ3) is 2.58. The van der Waals surface area contributed by atoms with Gasteiger partial charge in [0.25, 0.3) is 0 Å². The molecule has 0 aromatic carbocycles. The summed E-state index contributed by atoms with van der Waals surface area (Å²) in [4.78, 5) is 14.0. The van der Waals surface area contributed by atoms with E-state index >= 15 is 0 Å². The highest BCUT2D eigenvalue weighted by atomic mass is 16.5. The molecule has 2 atom stereocenters. The van der Waals surface area contributed by atoms with Crippen LogP contribution in [0.15, 0.2) is 12.4 Å². The summed E-state index contributed by atoms with van der Waals surface area (Å²) in [6.07, 6.45) is 7.08. The second-order valence-electron chi connectivity index (χ2n) is 5.77. The predicted octanol–water partition coefficient (Wildman–Crippen LogP) is 0.485. The van der Waals surface area contributed by atoms with E-state index in [9.17, 15) is 9.90 Å². The lowest BCUT2D eigenvalue weighted by Crippen LogP contribution is -2.41. The highest BCUT2D eigenvalue weighted by Gasteiger charge is 2.50. The molecule has 1 aromatic heterocycles. The summed E-state index contributed by atoms with van der Waals surface area (Å²) in [5, 5.41) is 16.8. The zero-order chi connectivity index (χ0) is 14.0. The lowest BCUT2D eigenvalue weighted by Gasteiger charge is -2.25. The minimum atomic E-state index is -0.539. The molecule has 3 heterocycles. The van der Waals surface area contributed by atoms with E-state index in [0.717, 1.165) is 31.2 Å². The molecule has 110 valence electrons. The van der Waals surface area contributed by atoms with Crippen molar-refractivity contribution in [2.24, 2.45) is 0 Å². The molecule has 1 amide bonds. The fourth-order valence-electron chi connectivity index (χ4n) is 3.18. The number of nitrogens with one attached hydrogen (secondary N) is 1. The summed E-state index contributed by atoms with van der Waals surface area (Å²) in [5.74, 6) is 0.111. The summed E-state index contributed by atoms with van der Waals surface area (Å²) >= 11 is 0. The first-order valence-electron chi connectivity index (χ1n) is 7.27. The number of aliphatic hydroxyl groups excluding tert-OH is 1. The summed E-state index contributed by atoms with van der Waals surface area (Å²) in [6.45, 7) is 1.64. The molecule has 3 rings (SSSR count). The van der Waals surface area contributed by atoms with E-state index < -0.39 is 11.7 Å². The second-order valence-corrected chi connectivity index (χ2v) is 5.77. The van der Waals surface area contributed by atoms with Crippen molar-refractivity contribution in [1.82, 2.24) is 15.1 Å². The number of nitrogens with zero attached hydrogens (tertiary/aromatic N) is 2. The number of β-amino-alcohol motifs (C(OH)–C–C–N with tert-alkyl or cyclic N) is 1. The van der Waals surface area contributed by atoms with Gasteiger partial charge in [0.15, 0.2) is 0 Å². The third-order valence-corrected chi connectivity index (χ3v) is 4.36. The largest absolute Gasteiger partial charge is 0.388 e. The van der Waals surface area contributed by atoms with Crippen LogP contribution < -0.4 is 0 Å². The number of amides is 1. The summed E-state index contributed by atoms with van der Waals surface area (Å²) in [6, 6.07) is 0. The van der Waals surface area contributed by atoms with Gasteiger partial charge in [-0.1, -0.05) is 0 Å². The van der Waals surface area contributed by atoms with Crippen molar-refractivity contribution in [1.29, 1.82) is 0 Å². The van der Waals surface area contributed by atoms with Crippen molar-refractivity contribution in [3.8, 4) is 0 Å². The number of carbonyl (C=O) groups excluding carboxylic acids is 1. The minimum absolute atomic E-state index is 0.111. The number of rotatable bonds is 4. The van der Waals surface area contributed by atoms with Crippen LogP contribution in [0.4, 0.5) is 0 Å². The Bertz CT molecular complexity index is 454. The molecule has 20 heavy (non-hydrogen) atoms. The molecule has 0 unspecified atom stereocenters. The van der Waals surface area contributed by atoms with Crippen LogP contribution in [0, 0.1) is 0 Å². The number of H-pyrrole nitrogens is 1. The van der Waals surface area contributed by atoms with E-state index in [4.69, 9.17) is 4.74 Å². The number of likely N-dealkylation sites (tertiary alicyclic amines) is 1. The zero-order valence-corrected chi connectivity index (χ0v) is 11.5. The first kappa shape index (κ1) is 13.6. The molecule has 0 aliphatic carbocycles. The van der Waals surface area contributed by atoms with Gasteiger partial charge >= 0.3 is 0 Å². The maximum absolute atomic E-state index is 12.2. The third-order valence-electron chi connectivity index (χ3n) is 4.36. The number of aliphatic hydroxyl groups is 1. The van der Waals surface area contributed by atoms with E-state index in [1.54, 1.807) is 11.1 Å². The molecule has 2 aliphatic heterocycles. The Kier molecular flexibility index (Phi) is 3.76. The van der Waals surface area contributed by atoms with Gasteiger partial charge in [0, 0.05) is 25.8 Å². The molecule has 1 spiro atoms. The Morgan fingerprint density at radius 1 is 1.65 bits per heavy atom. The fourth-order valence-corrected chi connectivity index (χ4v) is 3.18. The smallest absolute Gasteiger partial charge is 0.222 e. The maximum atomic E-state index is 12.2. The Labute approximate surface area is 118 Å². The molecule has 2 saturated heterocycles. The van der Waals surface area contributed by atoms with Crippen molar-refractivity contribution < 1.29 is 14.6 Å². The highest BCUT2D eigenvalue weighted by Crippen LogP contribution is 2.35. The van der Waals surface area contributed by atoms with Crippen molar-refractivity contribution in [3.63, 3.8) is 0 Å². The highest BCUT2D eigenvalue weighted by molar-refractivity contribution is 5.76. The first-order chi connectivity index (χ1) is 9.70. The van der Waals surface area contributed by atoms with Gasteiger partial charge in [0.2, 0.25) is 5.91 Å². The molecule has 2 N–H and O–H groups in total. The Hall–Kier alpha value is -1.40. The first-order valence-corrected chi connectivity index (χ1v) is 7.27. The predicted molar refractivity (Wildman–Crippen MR) is 72.0 cm³/mol. The van der Waals surface area contributed by atoms with Gasteiger partial charge < -0.3 is 14.7 Å². The number of aromatic amines is 1. The monoisotopic (exact) mass is 279 g/mol. The molecule has 0 bridgehead atoms. The summed E-state index contributed by atoms with van der Waals surface area (Å²) in [5.41, 5.74) is 0.634. The van der Waals surface area contributed by atoms with Crippen LogP contribution in [-0.4, -0.2) is 57.5 Å². The van der Waals surface area contributed by atoms with Gasteiger partial charge in [0.05, 0.1) is 12.7 Å². The summed E-state index contributed by atoms with van der Waals surface area (Å²) in [7, 11) is 0. The van der Waals surface area contributed by atoms with Crippen LogP contribution in [0.5, 0.6) is 0 Å². The van der Waals surface area contributed by atoms with E-state index in [1.807, 2.05) is 6.20 Å². The second kappa shape index (κ2) is 5.54. The molecular formula is C14H21N3O3. The van der Waals surface area contributed by atoms with Crippen LogP contribution in [0.2, 0.25) is 0 Å². The Morgan fingerprint density at radius 2 is 2.55 bits per heavy atom. The van der Waals surface area contributed by atoms with Gasteiger partial charge in [-0.2, -0.15) is 5.10 Å². The van der Waals surface area contributed by atoms with Crippen LogP contribution in [-0.2, 0) is 16.0 Å². The van der Waals surface area contributed by atoms with E-state index in [0.29, 0.717) is 26.1 Å². The molecule has 0 saturated carbocycles. The fraction of sp³-hybridized carbons (Fsp3) is 0.714. The molecule has 1 aromatic rings. The van der Waals surface area contributed by atoms with Gasteiger partial charge in [0.1, 0.15) is 11.7 Å². The number of aromatic nitrogens is 2. The summed E-state index contributed by atoms with van der Waals surface area (Å²) < 4.78 is 5.70. The van der Waals surface area contributed by atoms with Crippen molar-refractivity contribution in [3.05, 3.63) is 18.0 Å². The Balaban J connectivity index is 1.48. The molecular weight excluding hydrogens is 258 g/mol. The number of hydrogen-bond acceptors (Lipinski definition) is 4. The molecule has 0 radical (unpaired) electrons. The lowest BCUT2D eigenvalue weighted by molar-refractivity contribution is -0.131. The molecule has 2 aliphatic rings. The van der Waals surface area contributed by atoms with E-state index in [-0.39, 0.29) is 5.91 Å². The van der Waals surface area contributed by atoms with Crippen molar-refractivity contribution in [2.75, 3.05) is 19.7 Å². The number of ether oxygens (including phenoxy) is 1. The van der Waals surface area contributed by atoms with Crippen molar-refractivity contribution >= 4 is 5.91 Å². The minimum Gasteiger partial charge on any atom is -0.388 e. The molecule has 2 fully saturated rings. The van der Waals surface area contributed by atoms with Crippen LogP contribution in [0.25, 0.3) is 0 Å². The van der Waals surface area contributed by atoms with Crippen LogP contribution >= 0.6 is 0 Å². The van der Waals surface area contributed by atoms with E-state index in [2.05, 4.69) is 10.2 Å². The van der Waals surface area contributed by atoms with Crippen molar-refractivity contribution in [2.45, 2.75) is 43.8 Å². The Morgan fingerprint density at radius 3 is 3.25 bits per heavy atom. The molecule has 6 nitrogen and oxygen atoms in total. The average Bonchev–Trinajstić information content (AvgIpc) is 3.14. The lowest BCUT2D eigenvalue weighted by atomic mass is 9.97. The SMILES string of the molecule is O=C(CCCc1cn[nH]c1)N1C[C@H](O)[C@]2(CCCO2)C1. The van der Waals surface area contributed by atoms with E-state index in [1.165, 1.54) is 0 Å². The van der Waals surface area contributed by atoms with Gasteiger partial charge in [-0.3, -0.25) is 9.89 Å². The number of aryl methyl sites for hydroxylation is 1. The topological polar surface area (TPSA) is 78.5 Å². The quantitative estimate of drug-likeness (QED) is 0.840. The van der Waals surface area contributed by atoms with Crippen LogP contribution in [0.1, 0.15) is 31.2 Å². The standard InChI is InChI=1S/C14H21N3O3/c18-12-9-17(10-14(12)5-2-6-20-14)13(19)4-1-3-11-7-15-16-8-11/h7-8,12,18H,1-6,9-10H2,(H,15,16)/t12-,14-/m0/s1. The van der Waals surface area contributed by atoms with Gasteiger partial charge in [-0.05, 0) is 31.2 Å². The number of hydrogen-bond donors (Lipinski definition) is 2. The average molecular weight is 279 g/mol.